The van der Waals surface area contributed by atoms with Gasteiger partial charge in [0.25, 0.3) is 0 Å². The van der Waals surface area contributed by atoms with E-state index < -0.39 is 63.6 Å². The first kappa shape index (κ1) is 50.3. The van der Waals surface area contributed by atoms with Gasteiger partial charge in [-0.3, -0.25) is 0 Å². The second kappa shape index (κ2) is 23.2. The molecule has 0 rings (SSSR count). The fraction of sp³-hybridized carbons (Fsp3) is 1.00. The molecule has 0 saturated heterocycles. The molecule has 0 aromatic heterocycles. The van der Waals surface area contributed by atoms with Crippen LogP contribution in [0.3, 0.4) is 0 Å². The van der Waals surface area contributed by atoms with Crippen molar-refractivity contribution in [2.24, 2.45) is 0 Å². The first-order valence-corrected chi connectivity index (χ1v) is 20.1. The maximum atomic E-state index is 10.5. The van der Waals surface area contributed by atoms with E-state index >= 15 is 0 Å². The molecule has 0 aromatic rings. The van der Waals surface area contributed by atoms with Crippen molar-refractivity contribution in [3.63, 3.8) is 0 Å². The standard InChI is InChI=1S/C4H9ClO4S2.C3H6Cl2O4S2.C3H7O5S2.2Na.H2O/c1-10(6,7)3-2-4-11(5,8)9;4-10(6,7)2-1-3-11(5,8)9;4-9(5)2-1-3-10(6,7)8;;;/h2-4H2,1H3;1-3H2;1-3H2,(H,6,7,8);;;1H2/q;;-1;2*+1;/p-2. The number of halogens is 3. The van der Waals surface area contributed by atoms with Gasteiger partial charge in [-0.1, -0.05) is 22.9 Å². The number of rotatable bonds is 12. The van der Waals surface area contributed by atoms with Gasteiger partial charge in [0.05, 0.1) is 33.1 Å². The van der Waals surface area contributed by atoms with E-state index in [9.17, 15) is 55.1 Å². The molecule has 0 heterocycles. The summed E-state index contributed by atoms with van der Waals surface area (Å²) in [4.78, 5) is 0. The van der Waals surface area contributed by atoms with Crippen molar-refractivity contribution < 1.29 is 120 Å². The second-order valence-electron chi connectivity index (χ2n) is 5.69. The Hall–Kier alpha value is 2.49. The third kappa shape index (κ3) is 66.8. The number of hydrogen-bond donors (Lipinski definition) is 0. The van der Waals surface area contributed by atoms with Gasteiger partial charge in [0.15, 0.2) is 0 Å². The maximum Gasteiger partial charge on any atom is 1.00 e. The monoisotopic (exact) mass is 709 g/mol. The van der Waals surface area contributed by atoms with Gasteiger partial charge in [-0.25, -0.2) is 42.1 Å². The van der Waals surface area contributed by atoms with Gasteiger partial charge in [0, 0.05) is 44.1 Å². The van der Waals surface area contributed by atoms with Crippen LogP contribution < -0.4 is 59.1 Å². The first-order chi connectivity index (χ1) is 13.8. The Kier molecular flexibility index (Phi) is 33.4. The molecule has 0 atom stereocenters. The summed E-state index contributed by atoms with van der Waals surface area (Å²) in [6, 6.07) is 0. The summed E-state index contributed by atoms with van der Waals surface area (Å²) < 4.78 is 132. The summed E-state index contributed by atoms with van der Waals surface area (Å²) in [5.41, 5.74) is 0. The number of sulfone groups is 1. The largest absolute Gasteiger partial charge is 1.00 e. The van der Waals surface area contributed by atoms with Crippen LogP contribution in [0.25, 0.3) is 0 Å². The van der Waals surface area contributed by atoms with Crippen LogP contribution in [0, 0.1) is 0 Å². The molecule has 14 nitrogen and oxygen atoms in total. The Morgan fingerprint density at radius 2 is 0.886 bits per heavy atom. The molecule has 0 fully saturated rings. The summed E-state index contributed by atoms with van der Waals surface area (Å²) in [6.45, 7) is 0. The molecule has 25 heteroatoms. The molecule has 0 aliphatic rings. The Morgan fingerprint density at radius 3 is 1.09 bits per heavy atom. The van der Waals surface area contributed by atoms with Crippen molar-refractivity contribution in [2.45, 2.75) is 19.3 Å². The van der Waals surface area contributed by atoms with Gasteiger partial charge in [-0.15, -0.1) is 0 Å². The van der Waals surface area contributed by atoms with E-state index in [1.165, 1.54) is 0 Å². The zero-order valence-electron chi connectivity index (χ0n) is 18.7. The minimum Gasteiger partial charge on any atom is -0.870 e. The molecule has 0 spiro atoms. The first-order valence-electron chi connectivity index (χ1n) is 7.77. The zero-order valence-corrected chi connectivity index (χ0v) is 29.9. The fourth-order valence-electron chi connectivity index (χ4n) is 1.25. The molecular formula is C10H22Cl3Na2O14S6-. The second-order valence-corrected chi connectivity index (χ2v) is 19.2. The third-order valence-corrected chi connectivity index (χ3v) is 8.54. The molecule has 0 bridgehead atoms. The van der Waals surface area contributed by atoms with Crippen molar-refractivity contribution in [2.75, 3.05) is 40.8 Å². The van der Waals surface area contributed by atoms with Crippen LogP contribution in [0.4, 0.5) is 0 Å². The van der Waals surface area contributed by atoms with Crippen LogP contribution in [0.2, 0.25) is 0 Å². The van der Waals surface area contributed by atoms with Gasteiger partial charge in [-0.2, -0.15) is 0 Å². The fourth-order valence-corrected chi connectivity index (χ4v) is 5.80. The molecule has 0 unspecified atom stereocenters. The summed E-state index contributed by atoms with van der Waals surface area (Å²) in [7, 11) is -5.87. The average molecular weight is 711 g/mol. The molecule has 1 N–H and O–H groups in total. The summed E-state index contributed by atoms with van der Waals surface area (Å²) in [6.07, 6.45) is 0.915. The average Bonchev–Trinajstić information content (AvgIpc) is 2.40. The molecule has 0 aliphatic carbocycles. The van der Waals surface area contributed by atoms with Crippen LogP contribution in [0.5, 0.6) is 0 Å². The minimum atomic E-state index is -4.24. The Balaban J connectivity index is -0.0000000865. The van der Waals surface area contributed by atoms with E-state index in [1.807, 2.05) is 0 Å². The normalized spacial score (nSPS) is 11.8. The van der Waals surface area contributed by atoms with Crippen LogP contribution in [0.1, 0.15) is 19.3 Å². The quantitative estimate of drug-likeness (QED) is 0.0790. The van der Waals surface area contributed by atoms with E-state index in [4.69, 9.17) is 32.0 Å². The summed E-state index contributed by atoms with van der Waals surface area (Å²) >= 11 is 0. The molecule has 0 amide bonds. The van der Waals surface area contributed by atoms with Crippen molar-refractivity contribution in [3.05, 3.63) is 0 Å². The third-order valence-electron chi connectivity index (χ3n) is 2.38. The van der Waals surface area contributed by atoms with Crippen molar-refractivity contribution in [1.29, 1.82) is 0 Å². The molecule has 0 saturated carbocycles. The maximum absolute atomic E-state index is 10.5. The topological polar surface area (TPSA) is 258 Å². The Morgan fingerprint density at radius 1 is 0.600 bits per heavy atom. The van der Waals surface area contributed by atoms with E-state index in [0.29, 0.717) is 0 Å². The smallest absolute Gasteiger partial charge is 0.870 e. The predicted octanol–water partition coefficient (Wildman–Crippen LogP) is -6.43. The molecule has 0 aliphatic heterocycles. The molecule has 0 aromatic carbocycles. The van der Waals surface area contributed by atoms with Crippen LogP contribution in [0.15, 0.2) is 0 Å². The predicted molar refractivity (Wildman–Crippen MR) is 123 cm³/mol. The van der Waals surface area contributed by atoms with Gasteiger partial charge in [-0.05, 0) is 12.8 Å². The summed E-state index contributed by atoms with van der Waals surface area (Å²) in [5, 5.41) is 0. The molecule has 0 radical (unpaired) electrons. The number of hydrogen-bond acceptors (Lipinski definition) is 15. The van der Waals surface area contributed by atoms with E-state index in [-0.39, 0.29) is 113 Å². The van der Waals surface area contributed by atoms with E-state index in [2.05, 4.69) is 0 Å². The zero-order chi connectivity index (χ0) is 26.4. The van der Waals surface area contributed by atoms with Crippen molar-refractivity contribution in [3.8, 4) is 0 Å². The van der Waals surface area contributed by atoms with Gasteiger partial charge < -0.3 is 18.4 Å². The molecular weight excluding hydrogens is 689 g/mol. The van der Waals surface area contributed by atoms with Crippen molar-refractivity contribution >= 4 is 89.9 Å². The van der Waals surface area contributed by atoms with Crippen LogP contribution >= 0.6 is 32.0 Å². The van der Waals surface area contributed by atoms with Gasteiger partial charge in [0.2, 0.25) is 27.2 Å². The Bertz CT molecular complexity index is 1030. The summed E-state index contributed by atoms with van der Waals surface area (Å²) in [5.74, 6) is -2.07. The van der Waals surface area contributed by atoms with E-state index in [1.54, 1.807) is 0 Å². The van der Waals surface area contributed by atoms with Crippen molar-refractivity contribution in [1.82, 2.24) is 0 Å². The SMILES string of the molecule is CS(=O)(=O)CCCS(=O)(=O)Cl.O=S(=O)(Cl)CCCS(=O)(=O)Cl.O=[S-](=O)CCCS(=O)(=O)[O-].[Na+].[Na+].[OH-]. The van der Waals surface area contributed by atoms with Gasteiger partial charge in [0.1, 0.15) is 9.84 Å². The molecule has 206 valence electrons. The van der Waals surface area contributed by atoms with Crippen LogP contribution in [-0.2, 0) is 66.2 Å². The van der Waals surface area contributed by atoms with E-state index in [0.717, 1.165) is 6.26 Å². The Labute approximate surface area is 266 Å². The van der Waals surface area contributed by atoms with Crippen LogP contribution in [-0.4, -0.2) is 92.9 Å². The minimum absolute atomic E-state index is 0. The van der Waals surface area contributed by atoms with Gasteiger partial charge >= 0.3 is 59.1 Å². The molecule has 35 heavy (non-hydrogen) atoms.